The van der Waals surface area contributed by atoms with Crippen LogP contribution in [0.25, 0.3) is 0 Å². The number of hydrogen-bond acceptors (Lipinski definition) is 7. The van der Waals surface area contributed by atoms with Gasteiger partial charge in [0.15, 0.2) is 11.0 Å². The first-order chi connectivity index (χ1) is 19.7. The largest absolute Gasteiger partial charge is 0.491 e. The van der Waals surface area contributed by atoms with E-state index in [-0.39, 0.29) is 24.3 Å². The van der Waals surface area contributed by atoms with Gasteiger partial charge in [0, 0.05) is 24.0 Å². The number of likely N-dealkylation sites (N-methyl/N-ethyl adjacent to an activating group) is 1. The third kappa shape index (κ3) is 9.43. The van der Waals surface area contributed by atoms with E-state index in [0.29, 0.717) is 42.0 Å². The molecule has 1 amide bonds. The molecule has 0 aliphatic carbocycles. The molecule has 2 aromatic carbocycles. The Balaban J connectivity index is 1.91. The Bertz CT molecular complexity index is 1210. The number of fused-ring (bicyclic) bond motifs is 1. The fourth-order valence-corrected chi connectivity index (χ4v) is 5.96. The zero-order valence-electron chi connectivity index (χ0n) is 24.3. The number of aryl methyl sites for hydroxylation is 1. The normalized spacial score (nSPS) is 17.1. The summed E-state index contributed by atoms with van der Waals surface area (Å²) in [6.45, 7) is 7.76. The minimum Gasteiger partial charge on any atom is -0.491 e. The Morgan fingerprint density at radius 1 is 1.24 bits per heavy atom. The minimum atomic E-state index is -1.74. The number of nitrogens with zero attached hydrogens (tertiary/aromatic N) is 1. The SMILES string of the molecule is CCCc1cc(Cl)ccc1C1COc2ccc(S(=O)NC(=O)C(C)NC)cc2N(CCC(CC)COCC(=O)O)C1. The Labute approximate surface area is 250 Å². The van der Waals surface area contributed by atoms with Gasteiger partial charge in [0.05, 0.1) is 29.8 Å². The first-order valence-electron chi connectivity index (χ1n) is 14.2. The number of aliphatic carboxylic acids is 1. The number of carboxylic acid groups (broad SMARTS) is 1. The third-order valence-electron chi connectivity index (χ3n) is 7.41. The first kappa shape index (κ1) is 32.8. The first-order valence-corrected chi connectivity index (χ1v) is 15.7. The van der Waals surface area contributed by atoms with Crippen LogP contribution in [0.5, 0.6) is 5.75 Å². The van der Waals surface area contributed by atoms with Gasteiger partial charge in [0.25, 0.3) is 0 Å². The number of carboxylic acids is 1. The number of ether oxygens (including phenoxy) is 2. The Kier molecular flexibility index (Phi) is 12.9. The number of hydrogen-bond donors (Lipinski definition) is 3. The molecular formula is C30H42ClN3O6S. The van der Waals surface area contributed by atoms with E-state index in [1.54, 1.807) is 20.0 Å². The number of nitrogens with one attached hydrogen (secondary N) is 2. The van der Waals surface area contributed by atoms with Crippen LogP contribution in [0.3, 0.4) is 0 Å². The van der Waals surface area contributed by atoms with E-state index in [1.165, 1.54) is 11.1 Å². The lowest BCUT2D eigenvalue weighted by Gasteiger charge is -2.29. The summed E-state index contributed by atoms with van der Waals surface area (Å²) >= 11 is 6.35. The molecule has 3 N–H and O–H groups in total. The second-order valence-electron chi connectivity index (χ2n) is 10.4. The summed E-state index contributed by atoms with van der Waals surface area (Å²) in [5.74, 6) is -0.415. The van der Waals surface area contributed by atoms with Crippen LogP contribution in [-0.2, 0) is 31.7 Å². The molecular weight excluding hydrogens is 566 g/mol. The molecule has 0 saturated heterocycles. The Morgan fingerprint density at radius 2 is 2.02 bits per heavy atom. The molecule has 0 bridgehead atoms. The molecule has 0 saturated carbocycles. The predicted octanol–water partition coefficient (Wildman–Crippen LogP) is 4.54. The molecule has 0 radical (unpaired) electrons. The standard InChI is InChI=1S/C30H42ClN3O6S/c1-5-7-22-14-24(31)8-10-26(22)23-16-34(13-12-21(6-2)17-39-19-29(35)36)27-15-25(9-11-28(27)40-18-23)41(38)33-30(37)20(3)32-4/h8-11,14-15,20-21,23,32H,5-7,12-13,16-19H2,1-4H3,(H,33,37)(H,35,36). The van der Waals surface area contributed by atoms with E-state index in [1.807, 2.05) is 24.3 Å². The van der Waals surface area contributed by atoms with Crippen LogP contribution in [0, 0.1) is 5.92 Å². The van der Waals surface area contributed by atoms with E-state index in [4.69, 9.17) is 26.2 Å². The highest BCUT2D eigenvalue weighted by Gasteiger charge is 2.27. The van der Waals surface area contributed by atoms with Crippen molar-refractivity contribution in [2.45, 2.75) is 63.3 Å². The summed E-state index contributed by atoms with van der Waals surface area (Å²) < 4.78 is 27.4. The summed E-state index contributed by atoms with van der Waals surface area (Å²) in [7, 11) is -0.0725. The van der Waals surface area contributed by atoms with Crippen LogP contribution in [0.2, 0.25) is 5.02 Å². The van der Waals surface area contributed by atoms with Crippen molar-refractivity contribution >= 4 is 40.2 Å². The highest BCUT2D eigenvalue weighted by atomic mass is 35.5. The predicted molar refractivity (Wildman–Crippen MR) is 162 cm³/mol. The number of carbonyl (C=O) groups is 2. The van der Waals surface area contributed by atoms with Crippen molar-refractivity contribution in [3.8, 4) is 5.75 Å². The van der Waals surface area contributed by atoms with E-state index >= 15 is 0 Å². The quantitative estimate of drug-likeness (QED) is 0.270. The molecule has 0 spiro atoms. The van der Waals surface area contributed by atoms with Gasteiger partial charge in [0.1, 0.15) is 12.4 Å². The zero-order valence-corrected chi connectivity index (χ0v) is 25.9. The number of anilines is 1. The maximum Gasteiger partial charge on any atom is 0.329 e. The molecule has 1 aliphatic heterocycles. The smallest absolute Gasteiger partial charge is 0.329 e. The topological polar surface area (TPSA) is 117 Å². The van der Waals surface area contributed by atoms with Gasteiger partial charge in [-0.1, -0.05) is 44.4 Å². The van der Waals surface area contributed by atoms with Crippen LogP contribution in [0.15, 0.2) is 41.3 Å². The molecule has 41 heavy (non-hydrogen) atoms. The highest BCUT2D eigenvalue weighted by molar-refractivity contribution is 7.83. The van der Waals surface area contributed by atoms with E-state index in [2.05, 4.69) is 34.9 Å². The van der Waals surface area contributed by atoms with Crippen molar-refractivity contribution in [2.75, 3.05) is 44.9 Å². The van der Waals surface area contributed by atoms with Crippen LogP contribution < -0.4 is 19.7 Å². The average molecular weight is 608 g/mol. The van der Waals surface area contributed by atoms with Gasteiger partial charge in [-0.05, 0) is 74.2 Å². The molecule has 0 aromatic heterocycles. The van der Waals surface area contributed by atoms with Crippen LogP contribution in [0.4, 0.5) is 5.69 Å². The lowest BCUT2D eigenvalue weighted by molar-refractivity contribution is -0.142. The van der Waals surface area contributed by atoms with Gasteiger partial charge >= 0.3 is 5.97 Å². The van der Waals surface area contributed by atoms with E-state index in [0.717, 1.165) is 31.4 Å². The lowest BCUT2D eigenvalue weighted by atomic mass is 9.92. The fraction of sp³-hybridized carbons (Fsp3) is 0.533. The van der Waals surface area contributed by atoms with Crippen LogP contribution >= 0.6 is 11.6 Å². The third-order valence-corrected chi connectivity index (χ3v) is 8.72. The fourth-order valence-electron chi connectivity index (χ4n) is 4.87. The number of halogens is 1. The highest BCUT2D eigenvalue weighted by Crippen LogP contribution is 2.37. The van der Waals surface area contributed by atoms with Crippen LogP contribution in [0.1, 0.15) is 57.1 Å². The van der Waals surface area contributed by atoms with E-state index in [9.17, 15) is 13.8 Å². The number of amides is 1. The summed E-state index contributed by atoms with van der Waals surface area (Å²) in [5, 5.41) is 12.5. The molecule has 1 heterocycles. The molecule has 9 nitrogen and oxygen atoms in total. The van der Waals surface area contributed by atoms with Crippen LogP contribution in [-0.4, -0.2) is 67.2 Å². The molecule has 3 rings (SSSR count). The second-order valence-corrected chi connectivity index (χ2v) is 12.0. The summed E-state index contributed by atoms with van der Waals surface area (Å²) in [4.78, 5) is 26.0. The lowest BCUT2D eigenvalue weighted by Crippen LogP contribution is -2.41. The summed E-state index contributed by atoms with van der Waals surface area (Å²) in [5.41, 5.74) is 3.21. The number of benzene rings is 2. The molecule has 1 aliphatic rings. The zero-order chi connectivity index (χ0) is 29.9. The molecule has 4 atom stereocenters. The van der Waals surface area contributed by atoms with Crippen molar-refractivity contribution in [1.29, 1.82) is 0 Å². The maximum atomic E-state index is 13.1. The van der Waals surface area contributed by atoms with Gasteiger partial charge in [-0.15, -0.1) is 0 Å². The molecule has 0 fully saturated rings. The van der Waals surface area contributed by atoms with E-state index < -0.39 is 23.0 Å². The van der Waals surface area contributed by atoms with Crippen molar-refractivity contribution in [3.05, 3.63) is 52.5 Å². The van der Waals surface area contributed by atoms with Gasteiger partial charge in [0.2, 0.25) is 5.91 Å². The molecule has 11 heteroatoms. The van der Waals surface area contributed by atoms with Crippen molar-refractivity contribution < 1.29 is 28.4 Å². The Hall–Kier alpha value is -2.66. The monoisotopic (exact) mass is 607 g/mol. The minimum absolute atomic E-state index is 0.0645. The summed E-state index contributed by atoms with van der Waals surface area (Å²) in [6.07, 6.45) is 3.52. The second kappa shape index (κ2) is 16.1. The van der Waals surface area contributed by atoms with Crippen molar-refractivity contribution in [2.24, 2.45) is 5.92 Å². The van der Waals surface area contributed by atoms with Crippen molar-refractivity contribution in [1.82, 2.24) is 10.0 Å². The number of carbonyl (C=O) groups excluding carboxylic acids is 1. The van der Waals surface area contributed by atoms with Gasteiger partial charge in [-0.25, -0.2) is 9.00 Å². The number of rotatable bonds is 15. The van der Waals surface area contributed by atoms with Crippen molar-refractivity contribution in [3.63, 3.8) is 0 Å². The molecule has 4 unspecified atom stereocenters. The summed E-state index contributed by atoms with van der Waals surface area (Å²) in [6, 6.07) is 10.9. The molecule has 2 aromatic rings. The Morgan fingerprint density at radius 3 is 2.71 bits per heavy atom. The van der Waals surface area contributed by atoms with Gasteiger partial charge in [-0.2, -0.15) is 0 Å². The van der Waals surface area contributed by atoms with Gasteiger partial charge < -0.3 is 24.8 Å². The molecule has 226 valence electrons. The maximum absolute atomic E-state index is 13.1. The van der Waals surface area contributed by atoms with Gasteiger partial charge in [-0.3, -0.25) is 9.52 Å². The average Bonchev–Trinajstić information content (AvgIpc) is 3.13.